The molecule has 2 heterocycles. The Morgan fingerprint density at radius 1 is 1.33 bits per heavy atom. The minimum absolute atomic E-state index is 0.285. The molecule has 2 rings (SSSR count). The molecule has 0 saturated carbocycles. The molecule has 2 aromatic heterocycles. The molecule has 1 unspecified atom stereocenters. The number of nitrogens with one attached hydrogen (secondary N) is 1. The molecule has 1 N–H and O–H groups in total. The number of aryl methyl sites for hydroxylation is 2. The third-order valence-electron chi connectivity index (χ3n) is 2.78. The van der Waals surface area contributed by atoms with E-state index in [2.05, 4.69) is 48.2 Å². The largest absolute Gasteiger partial charge is 0.363 e. The summed E-state index contributed by atoms with van der Waals surface area (Å²) in [6.45, 7) is 6.45. The molecule has 96 valence electrons. The summed E-state index contributed by atoms with van der Waals surface area (Å²) >= 11 is 1.82. The van der Waals surface area contributed by atoms with Crippen LogP contribution in [0, 0.1) is 6.92 Å². The molecule has 0 amide bonds. The van der Waals surface area contributed by atoms with Crippen LogP contribution in [0.2, 0.25) is 0 Å². The van der Waals surface area contributed by atoms with E-state index in [1.807, 2.05) is 17.4 Å². The van der Waals surface area contributed by atoms with Gasteiger partial charge in [-0.05, 0) is 32.4 Å². The highest BCUT2D eigenvalue weighted by Crippen LogP contribution is 2.25. The molecule has 0 aliphatic heterocycles. The lowest BCUT2D eigenvalue weighted by atomic mass is 10.2. The Morgan fingerprint density at radius 3 is 2.83 bits per heavy atom. The van der Waals surface area contributed by atoms with Gasteiger partial charge >= 0.3 is 0 Å². The van der Waals surface area contributed by atoms with Gasteiger partial charge in [-0.2, -0.15) is 0 Å². The van der Waals surface area contributed by atoms with Crippen molar-refractivity contribution in [1.29, 1.82) is 0 Å². The van der Waals surface area contributed by atoms with Crippen LogP contribution in [-0.4, -0.2) is 9.97 Å². The summed E-state index contributed by atoms with van der Waals surface area (Å²) in [5.41, 5.74) is 1.10. The zero-order valence-corrected chi connectivity index (χ0v) is 11.9. The number of nitrogens with zero attached hydrogens (tertiary/aromatic N) is 2. The molecule has 3 nitrogen and oxygen atoms in total. The predicted molar refractivity (Wildman–Crippen MR) is 77.1 cm³/mol. The number of hydrogen-bond acceptors (Lipinski definition) is 4. The molecule has 1 atom stereocenters. The van der Waals surface area contributed by atoms with E-state index >= 15 is 0 Å². The molecule has 0 fully saturated rings. The molecule has 0 aliphatic rings. The van der Waals surface area contributed by atoms with E-state index in [9.17, 15) is 0 Å². The van der Waals surface area contributed by atoms with Gasteiger partial charge in [0.2, 0.25) is 0 Å². The highest BCUT2D eigenvalue weighted by atomic mass is 32.1. The minimum atomic E-state index is 0.285. The van der Waals surface area contributed by atoms with Gasteiger partial charge < -0.3 is 5.32 Å². The summed E-state index contributed by atoms with van der Waals surface area (Å²) in [5.74, 6) is 0.909. The SMILES string of the molecule is CCCc1cc(NC(C)c2ccc(C)s2)ncn1. The lowest BCUT2D eigenvalue weighted by molar-refractivity contribution is 0.857. The van der Waals surface area contributed by atoms with Gasteiger partial charge in [0, 0.05) is 21.5 Å². The van der Waals surface area contributed by atoms with Gasteiger partial charge in [-0.1, -0.05) is 13.3 Å². The van der Waals surface area contributed by atoms with Crippen LogP contribution in [0.1, 0.15) is 41.8 Å². The summed E-state index contributed by atoms with van der Waals surface area (Å²) in [4.78, 5) is 11.2. The fourth-order valence-electron chi connectivity index (χ4n) is 1.85. The van der Waals surface area contributed by atoms with E-state index in [0.29, 0.717) is 0 Å². The normalized spacial score (nSPS) is 12.4. The molecule has 4 heteroatoms. The van der Waals surface area contributed by atoms with Gasteiger partial charge in [-0.25, -0.2) is 9.97 Å². The van der Waals surface area contributed by atoms with Crippen molar-refractivity contribution in [3.63, 3.8) is 0 Å². The van der Waals surface area contributed by atoms with Crippen molar-refractivity contribution in [1.82, 2.24) is 9.97 Å². The van der Waals surface area contributed by atoms with Crippen molar-refractivity contribution in [2.75, 3.05) is 5.32 Å². The molecule has 0 saturated heterocycles. The number of aromatic nitrogens is 2. The summed E-state index contributed by atoms with van der Waals surface area (Å²) in [7, 11) is 0. The summed E-state index contributed by atoms with van der Waals surface area (Å²) in [5, 5.41) is 3.43. The predicted octanol–water partition coefficient (Wildman–Crippen LogP) is 3.97. The van der Waals surface area contributed by atoms with Gasteiger partial charge in [0.15, 0.2) is 0 Å². The topological polar surface area (TPSA) is 37.8 Å². The molecule has 0 bridgehead atoms. The first-order chi connectivity index (χ1) is 8.69. The highest BCUT2D eigenvalue weighted by molar-refractivity contribution is 7.12. The van der Waals surface area contributed by atoms with Gasteiger partial charge in [0.05, 0.1) is 6.04 Å². The standard InChI is InChI=1S/C14H19N3S/c1-4-5-12-8-14(16-9-15-12)17-11(3)13-7-6-10(2)18-13/h6-9,11H,4-5H2,1-3H3,(H,15,16,17). The first kappa shape index (κ1) is 13.0. The minimum Gasteiger partial charge on any atom is -0.363 e. The maximum atomic E-state index is 4.28. The monoisotopic (exact) mass is 261 g/mol. The van der Waals surface area contributed by atoms with Gasteiger partial charge in [-0.15, -0.1) is 11.3 Å². The average Bonchev–Trinajstić information content (AvgIpc) is 2.77. The number of rotatable bonds is 5. The maximum Gasteiger partial charge on any atom is 0.130 e. The molecule has 2 aromatic rings. The second kappa shape index (κ2) is 5.96. The van der Waals surface area contributed by atoms with Crippen LogP contribution in [0.4, 0.5) is 5.82 Å². The Labute approximate surface area is 112 Å². The van der Waals surface area contributed by atoms with E-state index < -0.39 is 0 Å². The number of thiophene rings is 1. The van der Waals surface area contributed by atoms with Crippen LogP contribution in [-0.2, 0) is 6.42 Å². The van der Waals surface area contributed by atoms with Gasteiger partial charge in [0.1, 0.15) is 12.1 Å². The lowest BCUT2D eigenvalue weighted by Crippen LogP contribution is -2.07. The first-order valence-electron chi connectivity index (χ1n) is 6.33. The number of anilines is 1. The summed E-state index contributed by atoms with van der Waals surface area (Å²) in [6.07, 6.45) is 3.75. The van der Waals surface area contributed by atoms with E-state index in [0.717, 1.165) is 24.4 Å². The van der Waals surface area contributed by atoms with Crippen LogP contribution in [0.15, 0.2) is 24.5 Å². The summed E-state index contributed by atoms with van der Waals surface area (Å²) in [6, 6.07) is 6.65. The second-order valence-corrected chi connectivity index (χ2v) is 5.78. The molecule has 0 aliphatic carbocycles. The molecule has 0 spiro atoms. The molecule has 0 aromatic carbocycles. The average molecular weight is 261 g/mol. The van der Waals surface area contributed by atoms with E-state index in [4.69, 9.17) is 0 Å². The van der Waals surface area contributed by atoms with Crippen LogP contribution in [0.5, 0.6) is 0 Å². The van der Waals surface area contributed by atoms with Crippen LogP contribution < -0.4 is 5.32 Å². The lowest BCUT2D eigenvalue weighted by Gasteiger charge is -2.13. The van der Waals surface area contributed by atoms with Crippen LogP contribution in [0.3, 0.4) is 0 Å². The Bertz CT molecular complexity index is 507. The highest BCUT2D eigenvalue weighted by Gasteiger charge is 2.08. The number of hydrogen-bond donors (Lipinski definition) is 1. The van der Waals surface area contributed by atoms with E-state index in [-0.39, 0.29) is 6.04 Å². The zero-order chi connectivity index (χ0) is 13.0. The quantitative estimate of drug-likeness (QED) is 0.885. The second-order valence-electron chi connectivity index (χ2n) is 4.46. The molecular weight excluding hydrogens is 242 g/mol. The fraction of sp³-hybridized carbons (Fsp3) is 0.429. The van der Waals surface area contributed by atoms with Crippen molar-refractivity contribution in [3.8, 4) is 0 Å². The molecular formula is C14H19N3S. The Kier molecular flexibility index (Phi) is 4.31. The third kappa shape index (κ3) is 3.29. The third-order valence-corrected chi connectivity index (χ3v) is 3.97. The summed E-state index contributed by atoms with van der Waals surface area (Å²) < 4.78 is 0. The van der Waals surface area contributed by atoms with Crippen LogP contribution >= 0.6 is 11.3 Å². The maximum absolute atomic E-state index is 4.28. The van der Waals surface area contributed by atoms with Crippen molar-refractivity contribution in [3.05, 3.63) is 40.0 Å². The van der Waals surface area contributed by atoms with Crippen molar-refractivity contribution >= 4 is 17.2 Å². The first-order valence-corrected chi connectivity index (χ1v) is 7.14. The Hall–Kier alpha value is -1.42. The Balaban J connectivity index is 2.06. The van der Waals surface area contributed by atoms with E-state index in [1.165, 1.54) is 9.75 Å². The van der Waals surface area contributed by atoms with Crippen molar-refractivity contribution in [2.45, 2.75) is 39.7 Å². The Morgan fingerprint density at radius 2 is 2.17 bits per heavy atom. The van der Waals surface area contributed by atoms with Gasteiger partial charge in [-0.3, -0.25) is 0 Å². The zero-order valence-electron chi connectivity index (χ0n) is 11.1. The molecule has 18 heavy (non-hydrogen) atoms. The fourth-order valence-corrected chi connectivity index (χ4v) is 2.73. The van der Waals surface area contributed by atoms with Crippen molar-refractivity contribution < 1.29 is 0 Å². The van der Waals surface area contributed by atoms with Crippen molar-refractivity contribution in [2.24, 2.45) is 0 Å². The molecule has 0 radical (unpaired) electrons. The van der Waals surface area contributed by atoms with Crippen LogP contribution in [0.25, 0.3) is 0 Å². The van der Waals surface area contributed by atoms with E-state index in [1.54, 1.807) is 6.33 Å². The smallest absolute Gasteiger partial charge is 0.130 e. The van der Waals surface area contributed by atoms with Gasteiger partial charge in [0.25, 0.3) is 0 Å².